The summed E-state index contributed by atoms with van der Waals surface area (Å²) in [5.74, 6) is 0.996. The van der Waals surface area contributed by atoms with E-state index in [9.17, 15) is 13.2 Å². The van der Waals surface area contributed by atoms with E-state index >= 15 is 0 Å². The topological polar surface area (TPSA) is 79.4 Å². The van der Waals surface area contributed by atoms with Crippen LogP contribution in [0.25, 0.3) is 0 Å². The molecule has 1 fully saturated rings. The molecule has 1 amide bonds. The minimum Gasteiger partial charge on any atom is -0.356 e. The van der Waals surface area contributed by atoms with Crippen molar-refractivity contribution in [2.24, 2.45) is 0 Å². The summed E-state index contributed by atoms with van der Waals surface area (Å²) in [6, 6.07) is 13.1. The molecule has 0 bridgehead atoms. The van der Waals surface area contributed by atoms with Crippen LogP contribution in [0.4, 0.5) is 11.5 Å². The molecule has 2 aromatic rings. The van der Waals surface area contributed by atoms with Gasteiger partial charge in [-0.05, 0) is 24.1 Å². The first-order valence-corrected chi connectivity index (χ1v) is 9.98. The Morgan fingerprint density at radius 2 is 2.00 bits per heavy atom. The average molecular weight is 359 g/mol. The predicted molar refractivity (Wildman–Crippen MR) is 98.5 cm³/mol. The molecule has 1 aliphatic rings. The van der Waals surface area contributed by atoms with Crippen LogP contribution in [0.15, 0.2) is 48.7 Å². The molecule has 1 N–H and O–H groups in total. The zero-order valence-electron chi connectivity index (χ0n) is 14.1. The molecule has 6 nitrogen and oxygen atoms in total. The summed E-state index contributed by atoms with van der Waals surface area (Å²) in [5, 5.41) is 2.82. The third kappa shape index (κ3) is 4.57. The van der Waals surface area contributed by atoms with Gasteiger partial charge >= 0.3 is 0 Å². The van der Waals surface area contributed by atoms with E-state index in [0.717, 1.165) is 5.56 Å². The van der Waals surface area contributed by atoms with Gasteiger partial charge in [0.15, 0.2) is 9.84 Å². The van der Waals surface area contributed by atoms with Gasteiger partial charge in [-0.15, -0.1) is 0 Å². The van der Waals surface area contributed by atoms with Crippen LogP contribution in [0, 0.1) is 0 Å². The Bertz CT molecular complexity index is 836. The fourth-order valence-corrected chi connectivity index (χ4v) is 4.70. The maximum atomic E-state index is 12.1. The fourth-order valence-electron chi connectivity index (χ4n) is 2.92. The number of nitrogens with one attached hydrogen (secondary N) is 1. The van der Waals surface area contributed by atoms with Crippen LogP contribution in [0.5, 0.6) is 0 Å². The highest BCUT2D eigenvalue weighted by Crippen LogP contribution is 2.22. The van der Waals surface area contributed by atoms with E-state index in [2.05, 4.69) is 10.3 Å². The summed E-state index contributed by atoms with van der Waals surface area (Å²) in [6.07, 6.45) is 2.52. The highest BCUT2D eigenvalue weighted by atomic mass is 32.2. The number of rotatable bonds is 5. The Kier molecular flexibility index (Phi) is 5.03. The van der Waals surface area contributed by atoms with Gasteiger partial charge in [-0.2, -0.15) is 0 Å². The number of hydrogen-bond acceptors (Lipinski definition) is 5. The number of nitrogens with zero attached hydrogens (tertiary/aromatic N) is 2. The summed E-state index contributed by atoms with van der Waals surface area (Å²) < 4.78 is 23.2. The zero-order valence-corrected chi connectivity index (χ0v) is 14.9. The molecule has 0 saturated carbocycles. The SMILES string of the molecule is CN(c1ccc(NC(=O)Cc2ccccc2)cn1)C1CCS(=O)(=O)C1. The smallest absolute Gasteiger partial charge is 0.228 e. The zero-order chi connectivity index (χ0) is 17.9. The third-order valence-electron chi connectivity index (χ3n) is 4.36. The van der Waals surface area contributed by atoms with Crippen LogP contribution in [-0.2, 0) is 21.1 Å². The molecule has 1 atom stereocenters. The van der Waals surface area contributed by atoms with Crippen molar-refractivity contribution in [3.8, 4) is 0 Å². The number of aromatic nitrogens is 1. The van der Waals surface area contributed by atoms with Gasteiger partial charge in [0.25, 0.3) is 0 Å². The van der Waals surface area contributed by atoms with Crippen LogP contribution >= 0.6 is 0 Å². The largest absolute Gasteiger partial charge is 0.356 e. The molecule has 2 heterocycles. The van der Waals surface area contributed by atoms with E-state index in [0.29, 0.717) is 24.3 Å². The van der Waals surface area contributed by atoms with E-state index in [1.807, 2.05) is 42.3 Å². The van der Waals surface area contributed by atoms with E-state index in [1.54, 1.807) is 18.3 Å². The van der Waals surface area contributed by atoms with Gasteiger partial charge in [0.1, 0.15) is 5.82 Å². The molecule has 3 rings (SSSR count). The summed E-state index contributed by atoms with van der Waals surface area (Å²) in [6.45, 7) is 0. The lowest BCUT2D eigenvalue weighted by Gasteiger charge is -2.24. The van der Waals surface area contributed by atoms with Crippen LogP contribution in [0.1, 0.15) is 12.0 Å². The number of carbonyl (C=O) groups excluding carboxylic acids is 1. The Balaban J connectivity index is 1.59. The lowest BCUT2D eigenvalue weighted by molar-refractivity contribution is -0.115. The molecule has 0 spiro atoms. The molecule has 0 aliphatic carbocycles. The molecular weight excluding hydrogens is 338 g/mol. The van der Waals surface area contributed by atoms with Gasteiger partial charge in [0.2, 0.25) is 5.91 Å². The first-order valence-electron chi connectivity index (χ1n) is 8.16. The molecule has 25 heavy (non-hydrogen) atoms. The fraction of sp³-hybridized carbons (Fsp3) is 0.333. The molecular formula is C18H21N3O3S. The van der Waals surface area contributed by atoms with Crippen molar-refractivity contribution in [3.63, 3.8) is 0 Å². The Hall–Kier alpha value is -2.41. The number of sulfone groups is 1. The van der Waals surface area contributed by atoms with Crippen LogP contribution in [0.3, 0.4) is 0 Å². The number of carbonyl (C=O) groups is 1. The number of benzene rings is 1. The minimum atomic E-state index is -2.93. The quantitative estimate of drug-likeness (QED) is 0.882. The van der Waals surface area contributed by atoms with Crippen molar-refractivity contribution in [3.05, 3.63) is 54.2 Å². The molecule has 1 aromatic carbocycles. The number of pyridine rings is 1. The van der Waals surface area contributed by atoms with Gasteiger partial charge in [-0.1, -0.05) is 30.3 Å². The lowest BCUT2D eigenvalue weighted by atomic mass is 10.1. The highest BCUT2D eigenvalue weighted by molar-refractivity contribution is 7.91. The Labute approximate surface area is 147 Å². The molecule has 132 valence electrons. The monoisotopic (exact) mass is 359 g/mol. The molecule has 1 aliphatic heterocycles. The van der Waals surface area contributed by atoms with Crippen molar-refractivity contribution in [2.75, 3.05) is 28.8 Å². The normalized spacial score (nSPS) is 18.7. The van der Waals surface area contributed by atoms with Crippen LogP contribution < -0.4 is 10.2 Å². The molecule has 1 aromatic heterocycles. The maximum Gasteiger partial charge on any atom is 0.228 e. The number of hydrogen-bond donors (Lipinski definition) is 1. The van der Waals surface area contributed by atoms with Gasteiger partial charge < -0.3 is 10.2 Å². The van der Waals surface area contributed by atoms with E-state index in [1.165, 1.54) is 0 Å². The van der Waals surface area contributed by atoms with Crippen molar-refractivity contribution >= 4 is 27.2 Å². The standard InChI is InChI=1S/C18H21N3O3S/c1-21(16-9-10-25(23,24)13-16)17-8-7-15(12-19-17)20-18(22)11-14-5-3-2-4-6-14/h2-8,12,16H,9-11,13H2,1H3,(H,20,22). The predicted octanol–water partition coefficient (Wildman–Crippen LogP) is 1.89. The van der Waals surface area contributed by atoms with Crippen molar-refractivity contribution in [2.45, 2.75) is 18.9 Å². The van der Waals surface area contributed by atoms with Gasteiger partial charge in [0, 0.05) is 13.1 Å². The summed E-state index contributed by atoms with van der Waals surface area (Å²) in [7, 11) is -1.08. The first-order chi connectivity index (χ1) is 11.9. The third-order valence-corrected chi connectivity index (χ3v) is 6.11. The van der Waals surface area contributed by atoms with E-state index in [-0.39, 0.29) is 23.5 Å². The second-order valence-electron chi connectivity index (χ2n) is 6.28. The summed E-state index contributed by atoms with van der Waals surface area (Å²) in [4.78, 5) is 18.3. The van der Waals surface area contributed by atoms with Crippen molar-refractivity contribution in [1.29, 1.82) is 0 Å². The van der Waals surface area contributed by atoms with Gasteiger partial charge in [0.05, 0.1) is 29.8 Å². The number of amides is 1. The molecule has 0 radical (unpaired) electrons. The average Bonchev–Trinajstić information content (AvgIpc) is 2.96. The van der Waals surface area contributed by atoms with E-state index < -0.39 is 9.84 Å². The molecule has 1 unspecified atom stereocenters. The lowest BCUT2D eigenvalue weighted by Crippen LogP contribution is -2.33. The van der Waals surface area contributed by atoms with E-state index in [4.69, 9.17) is 0 Å². The minimum absolute atomic E-state index is 0.0454. The molecule has 1 saturated heterocycles. The first kappa shape index (κ1) is 17.4. The summed E-state index contributed by atoms with van der Waals surface area (Å²) >= 11 is 0. The second-order valence-corrected chi connectivity index (χ2v) is 8.51. The summed E-state index contributed by atoms with van der Waals surface area (Å²) in [5.41, 5.74) is 1.57. The van der Waals surface area contributed by atoms with Gasteiger partial charge in [-0.3, -0.25) is 4.79 Å². The number of anilines is 2. The van der Waals surface area contributed by atoms with Crippen molar-refractivity contribution < 1.29 is 13.2 Å². The van der Waals surface area contributed by atoms with Gasteiger partial charge in [-0.25, -0.2) is 13.4 Å². The highest BCUT2D eigenvalue weighted by Gasteiger charge is 2.31. The Morgan fingerprint density at radius 3 is 2.60 bits per heavy atom. The second kappa shape index (κ2) is 7.23. The van der Waals surface area contributed by atoms with Crippen LogP contribution in [-0.4, -0.2) is 43.9 Å². The maximum absolute atomic E-state index is 12.1. The van der Waals surface area contributed by atoms with Crippen molar-refractivity contribution in [1.82, 2.24) is 4.98 Å². The van der Waals surface area contributed by atoms with Crippen LogP contribution in [0.2, 0.25) is 0 Å². The molecule has 7 heteroatoms. The Morgan fingerprint density at radius 1 is 1.24 bits per heavy atom.